The number of hydrogen-bond donors (Lipinski definition) is 6. The minimum Gasteiger partial charge on any atom is -0.382 e. The Morgan fingerprint density at radius 2 is 1.93 bits per heavy atom. The summed E-state index contributed by atoms with van der Waals surface area (Å²) in [7, 11) is -3.00. The van der Waals surface area contributed by atoms with Crippen LogP contribution in [-0.4, -0.2) is 76.0 Å². The molecule has 2 saturated heterocycles. The van der Waals surface area contributed by atoms with Crippen LogP contribution < -0.4 is 17.0 Å². The third-order valence-electron chi connectivity index (χ3n) is 6.41. The zero-order valence-electron chi connectivity index (χ0n) is 20.1. The van der Waals surface area contributed by atoms with Gasteiger partial charge in [-0.3, -0.25) is 32.5 Å². The molecule has 0 bridgehead atoms. The summed E-state index contributed by atoms with van der Waals surface area (Å²) < 4.78 is 71.0. The van der Waals surface area contributed by atoms with Crippen molar-refractivity contribution in [3.05, 3.63) is 29.3 Å². The summed E-state index contributed by atoms with van der Waals surface area (Å²) in [5.41, 5.74) is 8.25. The largest absolute Gasteiger partial charge is 0.391 e. The quantitative estimate of drug-likeness (QED) is 0.102. The molecule has 19 nitrogen and oxygen atoms in total. The number of aliphatic hydroxyl groups excluding tert-OH is 1. The molecule has 220 valence electrons. The number of anilines is 2. The number of nitrogens with one attached hydrogen (secondary N) is 1. The smallest absolute Gasteiger partial charge is 0.382 e. The Morgan fingerprint density at radius 3 is 2.56 bits per heavy atom. The highest BCUT2D eigenvalue weighted by atomic mass is 32.7. The van der Waals surface area contributed by atoms with Gasteiger partial charge >= 0.3 is 6.80 Å². The van der Waals surface area contributed by atoms with Crippen LogP contribution in [0, 0.1) is 0 Å². The van der Waals surface area contributed by atoms with E-state index in [1.807, 2.05) is 0 Å². The van der Waals surface area contributed by atoms with E-state index in [0.29, 0.717) is 0 Å². The van der Waals surface area contributed by atoms with Crippen LogP contribution in [0.4, 0.5) is 16.2 Å². The molecule has 2 aliphatic heterocycles. The van der Waals surface area contributed by atoms with Crippen LogP contribution in [0.1, 0.15) is 0 Å². The Labute approximate surface area is 237 Å². The number of nitrogens with zero attached hydrogens (tertiary/aromatic N) is 7. The maximum atomic E-state index is 16.8. The number of nitrogens with two attached hydrogens (primary N) is 2. The number of alkyl halides is 1. The second-order valence-electron chi connectivity index (χ2n) is 8.80. The summed E-state index contributed by atoms with van der Waals surface area (Å²) in [5.74, 6) is -5.73. The molecule has 0 saturated carbocycles. The first-order valence-corrected chi connectivity index (χ1v) is 16.5. The van der Waals surface area contributed by atoms with Gasteiger partial charge in [0, 0.05) is 0 Å². The zero-order chi connectivity index (χ0) is 29.4. The van der Waals surface area contributed by atoms with Gasteiger partial charge in [0.15, 0.2) is 22.6 Å². The number of aliphatic hydroxyl groups is 1. The van der Waals surface area contributed by atoms with Crippen LogP contribution >= 0.6 is 38.5 Å². The van der Waals surface area contributed by atoms with E-state index in [0.717, 1.165) is 28.1 Å². The average Bonchev–Trinajstić information content (AvgIpc) is 3.53. The summed E-state index contributed by atoms with van der Waals surface area (Å²) in [4.78, 5) is 34.3. The molecular weight excluding hydrogens is 633 g/mol. The first kappa shape index (κ1) is 28.5. The van der Waals surface area contributed by atoms with E-state index in [2.05, 4.69) is 54.4 Å². The molecule has 6 rings (SSSR count). The molecule has 4 aromatic heterocycles. The van der Waals surface area contributed by atoms with Gasteiger partial charge in [0.1, 0.15) is 38.0 Å². The van der Waals surface area contributed by atoms with Gasteiger partial charge in [-0.2, -0.15) is 4.98 Å². The second kappa shape index (κ2) is 9.69. The van der Waals surface area contributed by atoms with Gasteiger partial charge in [-0.25, -0.2) is 28.9 Å². The van der Waals surface area contributed by atoms with Crippen molar-refractivity contribution in [3.8, 4) is 0 Å². The van der Waals surface area contributed by atoms with Crippen LogP contribution in [-0.2, 0) is 43.7 Å². The number of thiol groups is 2. The number of rotatable bonds is 9. The Bertz CT molecular complexity index is 1830. The summed E-state index contributed by atoms with van der Waals surface area (Å²) in [6.45, 7) is -6.95. The van der Waals surface area contributed by atoms with Crippen LogP contribution in [0.25, 0.3) is 22.3 Å². The molecule has 2 aliphatic rings. The summed E-state index contributed by atoms with van der Waals surface area (Å²) >= 11 is 7.70. The fourth-order valence-electron chi connectivity index (χ4n) is 4.36. The van der Waals surface area contributed by atoms with Gasteiger partial charge in [-0.1, -0.05) is 24.5 Å². The average molecular weight is 652 g/mol. The van der Waals surface area contributed by atoms with Gasteiger partial charge in [0.05, 0.1) is 6.33 Å². The van der Waals surface area contributed by atoms with Gasteiger partial charge in [0.25, 0.3) is 17.1 Å². The molecule has 0 amide bonds. The van der Waals surface area contributed by atoms with E-state index >= 15 is 4.39 Å². The maximum Gasteiger partial charge on any atom is 0.391 e. The Morgan fingerprint density at radius 1 is 1.20 bits per heavy atom. The first-order chi connectivity index (χ1) is 19.3. The molecule has 4 unspecified atom stereocenters. The number of fused-ring (bicyclic) bond motifs is 2. The molecular formula is C17H19FN10O9P2S2. The lowest BCUT2D eigenvalue weighted by molar-refractivity contribution is -0.404. The topological polar surface area (TPSA) is 260 Å². The van der Waals surface area contributed by atoms with Crippen molar-refractivity contribution < 1.29 is 41.7 Å². The molecule has 6 atom stereocenters. The van der Waals surface area contributed by atoms with E-state index < -0.39 is 63.0 Å². The first-order valence-electron chi connectivity index (χ1n) is 11.2. The highest BCUT2D eigenvalue weighted by Crippen LogP contribution is 2.65. The molecule has 2 fully saturated rings. The molecule has 41 heavy (non-hydrogen) atoms. The number of aromatic nitrogens is 8. The van der Waals surface area contributed by atoms with Crippen LogP contribution in [0.2, 0.25) is 0 Å². The highest BCUT2D eigenvalue weighted by molar-refractivity contribution is 8.44. The SMILES string of the molecule is Nc1nc2c(ncn2[C@@]2(OP(=O)(S)OC3(CO[PH](=O)S)OC[C@]3(F)n3cnc4c(N)ncnc43)COC2O)c(=O)[nH]1. The van der Waals surface area contributed by atoms with Crippen molar-refractivity contribution in [2.24, 2.45) is 0 Å². The fourth-order valence-corrected chi connectivity index (χ4v) is 6.97. The summed E-state index contributed by atoms with van der Waals surface area (Å²) in [5, 5.41) is 10.6. The molecule has 0 aromatic carbocycles. The predicted molar refractivity (Wildman–Crippen MR) is 143 cm³/mol. The summed E-state index contributed by atoms with van der Waals surface area (Å²) in [6, 6.07) is 0. The van der Waals surface area contributed by atoms with Gasteiger partial charge in [-0.15, -0.1) is 0 Å². The lowest BCUT2D eigenvalue weighted by Crippen LogP contribution is -2.70. The maximum absolute atomic E-state index is 16.8. The molecule has 0 radical (unpaired) electrons. The van der Waals surface area contributed by atoms with E-state index in [4.69, 9.17) is 34.5 Å². The number of aromatic amines is 1. The van der Waals surface area contributed by atoms with Gasteiger partial charge < -0.3 is 30.6 Å². The van der Waals surface area contributed by atoms with Crippen molar-refractivity contribution in [1.29, 1.82) is 0 Å². The van der Waals surface area contributed by atoms with Crippen molar-refractivity contribution >= 4 is 72.6 Å². The predicted octanol–water partition coefficient (Wildman–Crippen LogP) is -0.119. The van der Waals surface area contributed by atoms with Crippen LogP contribution in [0.15, 0.2) is 23.8 Å². The Hall–Kier alpha value is -2.65. The fraction of sp³-hybridized carbons (Fsp3) is 0.412. The summed E-state index contributed by atoms with van der Waals surface area (Å²) in [6.07, 6.45) is 1.33. The molecule has 0 aliphatic carbocycles. The molecule has 4 aromatic rings. The third kappa shape index (κ3) is 4.37. The number of halogens is 1. The van der Waals surface area contributed by atoms with E-state index in [1.165, 1.54) is 0 Å². The standard InChI is InChI=1S/C17H19FN10O9P2S2/c18-16(28-6-23-7-9(19)21-4-22-10(7)28)2-34-17(16,3-35-38(31)40)37-39(32,41)36-15(1-33-13(15)30)27-5-24-8-11(27)25-14(20)26-12(8)29/h4-6,13,30,38H,1-3H2,(H,31,40)(H,32,41)(H2,19,21,22)(H3,20,25,26,29)/t13?,15-,16+,17?,39?/m1/s1. The zero-order valence-corrected chi connectivity index (χ0v) is 23.8. The molecule has 24 heteroatoms. The molecule has 6 N–H and O–H groups in total. The number of ether oxygens (including phenoxy) is 2. The Kier molecular flexibility index (Phi) is 6.73. The Balaban J connectivity index is 1.39. The number of nitrogen functional groups attached to an aromatic ring is 2. The minimum atomic E-state index is -4.85. The molecule has 0 spiro atoms. The monoisotopic (exact) mass is 652 g/mol. The second-order valence-corrected chi connectivity index (χ2v) is 13.5. The van der Waals surface area contributed by atoms with Crippen molar-refractivity contribution in [3.63, 3.8) is 0 Å². The van der Waals surface area contributed by atoms with Crippen molar-refractivity contribution in [2.75, 3.05) is 31.3 Å². The third-order valence-corrected chi connectivity index (χ3v) is 8.75. The van der Waals surface area contributed by atoms with Crippen molar-refractivity contribution in [2.45, 2.75) is 23.6 Å². The van der Waals surface area contributed by atoms with Crippen LogP contribution in [0.3, 0.4) is 0 Å². The van der Waals surface area contributed by atoms with Gasteiger partial charge in [0.2, 0.25) is 25.2 Å². The number of imidazole rings is 2. The van der Waals surface area contributed by atoms with Crippen LogP contribution in [0.5, 0.6) is 0 Å². The molecule has 6 heterocycles. The normalized spacial score (nSPS) is 30.1. The lowest BCUT2D eigenvalue weighted by atomic mass is 10.00. The van der Waals surface area contributed by atoms with E-state index in [-0.39, 0.29) is 34.1 Å². The van der Waals surface area contributed by atoms with E-state index in [9.17, 15) is 19.0 Å². The highest BCUT2D eigenvalue weighted by Gasteiger charge is 2.70. The minimum absolute atomic E-state index is 0.0433. The number of hydrogen-bond acceptors (Lipinski definition) is 16. The van der Waals surface area contributed by atoms with Crippen molar-refractivity contribution in [1.82, 2.24) is 39.0 Å². The lowest BCUT2D eigenvalue weighted by Gasteiger charge is -2.53. The number of H-pyrrole nitrogens is 1. The van der Waals surface area contributed by atoms with Gasteiger partial charge in [-0.05, 0) is 0 Å². The van der Waals surface area contributed by atoms with E-state index in [1.54, 1.807) is 0 Å².